The number of methoxy groups -OCH3 is 2. The molecule has 6 nitrogen and oxygen atoms in total. The number of anilines is 2. The predicted octanol–water partition coefficient (Wildman–Crippen LogP) is 4.86. The molecule has 2 aromatic carbocycles. The monoisotopic (exact) mass is 434 g/mol. The summed E-state index contributed by atoms with van der Waals surface area (Å²) in [5.74, 6) is 1.42. The average Bonchev–Trinajstić information content (AvgIpc) is 3.03. The minimum atomic E-state index is -0.370. The average molecular weight is 435 g/mol. The lowest BCUT2D eigenvalue weighted by Gasteiger charge is -2.13. The maximum Gasteiger partial charge on any atom is 0.176 e. The minimum Gasteiger partial charge on any atom is -0.497 e. The van der Waals surface area contributed by atoms with Gasteiger partial charge in [0.1, 0.15) is 17.3 Å². The van der Waals surface area contributed by atoms with Gasteiger partial charge in [-0.25, -0.2) is 4.39 Å². The molecule has 3 rings (SSSR count). The standard InChI is InChI=1S/C20H20ClFN4O2S/c1-12-9-19(25-26(12)11-14-15(21)5-4-6-16(14)22)24-20(29)23-17-8-7-13(27-2)10-18(17)28-3/h4-10H,11H2,1-3H3,(H2,23,24,25,29). The molecule has 0 fully saturated rings. The van der Waals surface area contributed by atoms with Gasteiger partial charge in [-0.15, -0.1) is 0 Å². The molecule has 29 heavy (non-hydrogen) atoms. The molecule has 0 unspecified atom stereocenters. The molecule has 9 heteroatoms. The van der Waals surface area contributed by atoms with Crippen LogP contribution in [0.3, 0.4) is 0 Å². The second-order valence-corrected chi connectivity index (χ2v) is 6.99. The number of rotatable bonds is 6. The number of nitrogens with zero attached hydrogens (tertiary/aromatic N) is 2. The van der Waals surface area contributed by atoms with E-state index in [4.69, 9.17) is 33.3 Å². The Kier molecular flexibility index (Phi) is 6.56. The first-order valence-corrected chi connectivity index (χ1v) is 9.47. The van der Waals surface area contributed by atoms with Crippen molar-refractivity contribution >= 4 is 40.4 Å². The van der Waals surface area contributed by atoms with Crippen molar-refractivity contribution in [2.75, 3.05) is 24.9 Å². The number of halogens is 2. The molecule has 0 saturated carbocycles. The number of hydrogen-bond donors (Lipinski definition) is 2. The second kappa shape index (κ2) is 9.11. The van der Waals surface area contributed by atoms with Crippen molar-refractivity contribution in [3.8, 4) is 11.5 Å². The summed E-state index contributed by atoms with van der Waals surface area (Å²) >= 11 is 11.5. The molecule has 2 N–H and O–H groups in total. The highest BCUT2D eigenvalue weighted by atomic mass is 35.5. The van der Waals surface area contributed by atoms with Gasteiger partial charge in [-0.3, -0.25) is 4.68 Å². The van der Waals surface area contributed by atoms with Crippen LogP contribution in [0.25, 0.3) is 0 Å². The van der Waals surface area contributed by atoms with Crippen LogP contribution in [0.1, 0.15) is 11.3 Å². The highest BCUT2D eigenvalue weighted by molar-refractivity contribution is 7.80. The number of hydrogen-bond acceptors (Lipinski definition) is 4. The van der Waals surface area contributed by atoms with Gasteiger partial charge >= 0.3 is 0 Å². The van der Waals surface area contributed by atoms with Crippen LogP contribution in [0.5, 0.6) is 11.5 Å². The molecule has 1 aromatic heterocycles. The number of ether oxygens (including phenoxy) is 2. The molecule has 0 amide bonds. The van der Waals surface area contributed by atoms with E-state index in [2.05, 4.69) is 15.7 Å². The van der Waals surface area contributed by atoms with Crippen molar-refractivity contribution in [3.63, 3.8) is 0 Å². The largest absolute Gasteiger partial charge is 0.497 e. The van der Waals surface area contributed by atoms with Crippen molar-refractivity contribution in [2.45, 2.75) is 13.5 Å². The third-order valence-corrected chi connectivity index (χ3v) is 4.81. The third kappa shape index (κ3) is 4.96. The quantitative estimate of drug-likeness (QED) is 0.540. The van der Waals surface area contributed by atoms with Gasteiger partial charge in [-0.1, -0.05) is 17.7 Å². The minimum absolute atomic E-state index is 0.214. The van der Waals surface area contributed by atoms with Gasteiger partial charge < -0.3 is 20.1 Å². The summed E-state index contributed by atoms with van der Waals surface area (Å²) in [7, 11) is 3.15. The Bertz CT molecular complexity index is 1020. The summed E-state index contributed by atoms with van der Waals surface area (Å²) in [5.41, 5.74) is 1.90. The van der Waals surface area contributed by atoms with Gasteiger partial charge in [0.2, 0.25) is 0 Å². The van der Waals surface area contributed by atoms with Gasteiger partial charge in [0, 0.05) is 28.4 Å². The Balaban J connectivity index is 1.71. The zero-order valence-electron chi connectivity index (χ0n) is 16.1. The highest BCUT2D eigenvalue weighted by Gasteiger charge is 2.12. The van der Waals surface area contributed by atoms with Crippen LogP contribution in [0.2, 0.25) is 5.02 Å². The SMILES string of the molecule is COc1ccc(NC(=S)Nc2cc(C)n(Cc3c(F)cccc3Cl)n2)c(OC)c1. The normalized spacial score (nSPS) is 10.5. The fourth-order valence-electron chi connectivity index (χ4n) is 2.74. The van der Waals surface area contributed by atoms with Crippen LogP contribution >= 0.6 is 23.8 Å². The van der Waals surface area contributed by atoms with E-state index in [-0.39, 0.29) is 12.4 Å². The first kappa shape index (κ1) is 20.9. The van der Waals surface area contributed by atoms with Crippen LogP contribution in [-0.4, -0.2) is 29.1 Å². The van der Waals surface area contributed by atoms with Gasteiger partial charge in [0.25, 0.3) is 0 Å². The zero-order valence-corrected chi connectivity index (χ0v) is 17.7. The summed E-state index contributed by atoms with van der Waals surface area (Å²) in [6.45, 7) is 2.08. The first-order chi connectivity index (χ1) is 13.9. The van der Waals surface area contributed by atoms with E-state index in [1.54, 1.807) is 49.2 Å². The van der Waals surface area contributed by atoms with Gasteiger partial charge in [-0.05, 0) is 43.4 Å². The summed E-state index contributed by atoms with van der Waals surface area (Å²) in [5, 5.41) is 11.2. The molecule has 0 saturated heterocycles. The molecular weight excluding hydrogens is 415 g/mol. The maximum absolute atomic E-state index is 14.1. The molecule has 1 heterocycles. The Morgan fingerprint density at radius 2 is 1.97 bits per heavy atom. The van der Waals surface area contributed by atoms with E-state index in [1.165, 1.54) is 6.07 Å². The van der Waals surface area contributed by atoms with Gasteiger partial charge in [-0.2, -0.15) is 5.10 Å². The van der Waals surface area contributed by atoms with E-state index < -0.39 is 0 Å². The van der Waals surface area contributed by atoms with E-state index >= 15 is 0 Å². The molecule has 0 bridgehead atoms. The molecule has 0 aliphatic rings. The van der Waals surface area contributed by atoms with Crippen LogP contribution in [0.15, 0.2) is 42.5 Å². The molecule has 0 spiro atoms. The van der Waals surface area contributed by atoms with Crippen molar-refractivity contribution in [2.24, 2.45) is 0 Å². The van der Waals surface area contributed by atoms with E-state index in [9.17, 15) is 4.39 Å². The highest BCUT2D eigenvalue weighted by Crippen LogP contribution is 2.29. The third-order valence-electron chi connectivity index (χ3n) is 4.25. The fraction of sp³-hybridized carbons (Fsp3) is 0.200. The van der Waals surface area contributed by atoms with E-state index in [1.807, 2.05) is 13.0 Å². The van der Waals surface area contributed by atoms with Crippen molar-refractivity contribution in [3.05, 3.63) is 64.6 Å². The lowest BCUT2D eigenvalue weighted by atomic mass is 10.2. The van der Waals surface area contributed by atoms with Gasteiger partial charge in [0.05, 0.1) is 26.5 Å². The lowest BCUT2D eigenvalue weighted by Crippen LogP contribution is -2.20. The zero-order chi connectivity index (χ0) is 21.0. The Morgan fingerprint density at radius 3 is 2.66 bits per heavy atom. The second-order valence-electron chi connectivity index (χ2n) is 6.17. The van der Waals surface area contributed by atoms with E-state index in [0.29, 0.717) is 38.7 Å². The van der Waals surface area contributed by atoms with Crippen LogP contribution in [0.4, 0.5) is 15.9 Å². The number of aromatic nitrogens is 2. The van der Waals surface area contributed by atoms with Gasteiger partial charge in [0.15, 0.2) is 10.9 Å². The number of thiocarbonyl (C=S) groups is 1. The molecule has 0 atom stereocenters. The van der Waals surface area contributed by atoms with E-state index in [0.717, 1.165) is 5.69 Å². The molecule has 152 valence electrons. The van der Waals surface area contributed by atoms with Crippen molar-refractivity contribution in [1.82, 2.24) is 9.78 Å². The lowest BCUT2D eigenvalue weighted by molar-refractivity contribution is 0.395. The number of nitrogens with one attached hydrogen (secondary N) is 2. The van der Waals surface area contributed by atoms with Crippen LogP contribution < -0.4 is 20.1 Å². The summed E-state index contributed by atoms with van der Waals surface area (Å²) in [6, 6.07) is 11.8. The molecule has 0 radical (unpaired) electrons. The predicted molar refractivity (Wildman–Crippen MR) is 117 cm³/mol. The summed E-state index contributed by atoms with van der Waals surface area (Å²) in [6.07, 6.45) is 0. The molecule has 3 aromatic rings. The smallest absolute Gasteiger partial charge is 0.176 e. The van der Waals surface area contributed by atoms with Crippen molar-refractivity contribution < 1.29 is 13.9 Å². The maximum atomic E-state index is 14.1. The summed E-state index contributed by atoms with van der Waals surface area (Å²) < 4.78 is 26.3. The Hall–Kier alpha value is -2.84. The summed E-state index contributed by atoms with van der Waals surface area (Å²) in [4.78, 5) is 0. The van der Waals surface area contributed by atoms with Crippen LogP contribution in [-0.2, 0) is 6.54 Å². The van der Waals surface area contributed by atoms with Crippen LogP contribution in [0, 0.1) is 12.7 Å². The molecule has 0 aliphatic heterocycles. The Morgan fingerprint density at radius 1 is 1.17 bits per heavy atom. The topological polar surface area (TPSA) is 60.3 Å². The number of benzene rings is 2. The van der Waals surface area contributed by atoms with Crippen molar-refractivity contribution in [1.29, 1.82) is 0 Å². The number of aryl methyl sites for hydroxylation is 1. The molecular formula is C20H20ClFN4O2S. The Labute approximate surface area is 178 Å². The fourth-order valence-corrected chi connectivity index (χ4v) is 3.17. The first-order valence-electron chi connectivity index (χ1n) is 8.68. The molecule has 0 aliphatic carbocycles.